The normalized spacial score (nSPS) is 14.6. The van der Waals surface area contributed by atoms with Crippen LogP contribution in [0.4, 0.5) is 0 Å². The number of benzene rings is 1. The van der Waals surface area contributed by atoms with Gasteiger partial charge in [-0.05, 0) is 44.4 Å². The molecular formula is C16H16BrNO2. The number of pyridine rings is 1. The topological polar surface area (TPSA) is 39.2 Å². The highest BCUT2D eigenvalue weighted by Gasteiger charge is 2.32. The van der Waals surface area contributed by atoms with Gasteiger partial charge in [0.2, 0.25) is 0 Å². The molecule has 4 heteroatoms. The van der Waals surface area contributed by atoms with Gasteiger partial charge in [-0.25, -0.2) is 4.79 Å². The Balaban J connectivity index is 2.25. The van der Waals surface area contributed by atoms with Crippen LogP contribution in [0, 0.1) is 6.92 Å². The molecule has 0 N–H and O–H groups in total. The molecule has 1 aromatic carbocycles. The molecule has 0 saturated heterocycles. The molecule has 2 aromatic rings. The second kappa shape index (κ2) is 5.17. The first-order valence-corrected chi connectivity index (χ1v) is 7.68. The van der Waals surface area contributed by atoms with E-state index in [4.69, 9.17) is 9.72 Å². The summed E-state index contributed by atoms with van der Waals surface area (Å²) in [6.07, 6.45) is 2.22. The smallest absolute Gasteiger partial charge is 0.340 e. The van der Waals surface area contributed by atoms with Crippen molar-refractivity contribution < 1.29 is 9.53 Å². The Labute approximate surface area is 126 Å². The van der Waals surface area contributed by atoms with Gasteiger partial charge in [0.1, 0.15) is 0 Å². The largest absolute Gasteiger partial charge is 0.462 e. The Kier molecular flexibility index (Phi) is 3.50. The summed E-state index contributed by atoms with van der Waals surface area (Å²) in [7, 11) is 0. The molecular weight excluding hydrogens is 318 g/mol. The molecule has 1 saturated carbocycles. The first kappa shape index (κ1) is 13.6. The summed E-state index contributed by atoms with van der Waals surface area (Å²) in [6.45, 7) is 4.20. The van der Waals surface area contributed by atoms with Gasteiger partial charge in [0.05, 0.1) is 23.4 Å². The lowest BCUT2D eigenvalue weighted by molar-refractivity contribution is 0.0524. The number of ether oxygens (including phenoxy) is 1. The van der Waals surface area contributed by atoms with Crippen LogP contribution < -0.4 is 0 Å². The van der Waals surface area contributed by atoms with E-state index in [-0.39, 0.29) is 5.97 Å². The van der Waals surface area contributed by atoms with E-state index in [1.54, 1.807) is 0 Å². The molecule has 3 nitrogen and oxygen atoms in total. The second-order valence-electron chi connectivity index (χ2n) is 5.15. The van der Waals surface area contributed by atoms with E-state index in [9.17, 15) is 4.79 Å². The Morgan fingerprint density at radius 1 is 1.45 bits per heavy atom. The zero-order valence-electron chi connectivity index (χ0n) is 11.6. The van der Waals surface area contributed by atoms with E-state index in [1.165, 1.54) is 0 Å². The number of aryl methyl sites for hydroxylation is 1. The number of rotatable bonds is 3. The van der Waals surface area contributed by atoms with Crippen molar-refractivity contribution >= 4 is 32.8 Å². The molecule has 104 valence electrons. The quantitative estimate of drug-likeness (QED) is 0.783. The van der Waals surface area contributed by atoms with Gasteiger partial charge in [-0.1, -0.05) is 22.0 Å². The van der Waals surface area contributed by atoms with Gasteiger partial charge < -0.3 is 4.74 Å². The molecule has 1 heterocycles. The fourth-order valence-electron chi connectivity index (χ4n) is 2.54. The summed E-state index contributed by atoms with van der Waals surface area (Å²) >= 11 is 3.47. The first-order chi connectivity index (χ1) is 9.61. The van der Waals surface area contributed by atoms with Gasteiger partial charge in [-0.3, -0.25) is 4.98 Å². The Bertz CT molecular complexity index is 692. The number of fused-ring (bicyclic) bond motifs is 1. The van der Waals surface area contributed by atoms with Crippen molar-refractivity contribution in [3.63, 3.8) is 0 Å². The van der Waals surface area contributed by atoms with Gasteiger partial charge in [-0.15, -0.1) is 0 Å². The summed E-state index contributed by atoms with van der Waals surface area (Å²) in [5, 5.41) is 1.01. The molecule has 3 rings (SSSR count). The van der Waals surface area contributed by atoms with Crippen molar-refractivity contribution in [2.75, 3.05) is 6.61 Å². The molecule has 1 fully saturated rings. The van der Waals surface area contributed by atoms with E-state index in [0.717, 1.165) is 39.5 Å². The summed E-state index contributed by atoms with van der Waals surface area (Å²) < 4.78 is 6.21. The second-order valence-corrected chi connectivity index (χ2v) is 6.07. The van der Waals surface area contributed by atoms with Crippen molar-refractivity contribution in [2.24, 2.45) is 0 Å². The average molecular weight is 334 g/mol. The van der Waals surface area contributed by atoms with Gasteiger partial charge in [0.25, 0.3) is 0 Å². The van der Waals surface area contributed by atoms with E-state index in [2.05, 4.69) is 15.9 Å². The van der Waals surface area contributed by atoms with E-state index in [0.29, 0.717) is 18.1 Å². The van der Waals surface area contributed by atoms with Crippen LogP contribution in [0.15, 0.2) is 22.7 Å². The number of hydrogen-bond acceptors (Lipinski definition) is 3. The lowest BCUT2D eigenvalue weighted by Gasteiger charge is -2.13. The average Bonchev–Trinajstić information content (AvgIpc) is 3.22. The minimum Gasteiger partial charge on any atom is -0.462 e. The fraction of sp³-hybridized carbons (Fsp3) is 0.375. The fourth-order valence-corrected chi connectivity index (χ4v) is 2.89. The molecule has 0 aliphatic heterocycles. The van der Waals surface area contributed by atoms with Crippen molar-refractivity contribution in [3.8, 4) is 0 Å². The van der Waals surface area contributed by atoms with Crippen LogP contribution in [0.25, 0.3) is 10.9 Å². The molecule has 0 bridgehead atoms. The van der Waals surface area contributed by atoms with Crippen molar-refractivity contribution in [1.82, 2.24) is 4.98 Å². The third-order valence-electron chi connectivity index (χ3n) is 3.68. The molecule has 20 heavy (non-hydrogen) atoms. The highest BCUT2D eigenvalue weighted by molar-refractivity contribution is 9.10. The zero-order valence-corrected chi connectivity index (χ0v) is 13.2. The van der Waals surface area contributed by atoms with Crippen molar-refractivity contribution in [3.05, 3.63) is 39.5 Å². The van der Waals surface area contributed by atoms with E-state index >= 15 is 0 Å². The third-order valence-corrected chi connectivity index (χ3v) is 4.17. The Morgan fingerprint density at radius 2 is 2.20 bits per heavy atom. The van der Waals surface area contributed by atoms with Crippen LogP contribution in [0.3, 0.4) is 0 Å². The summed E-state index contributed by atoms with van der Waals surface area (Å²) in [4.78, 5) is 17.0. The SMILES string of the molecule is CCOC(=O)c1c(C2CC2)nc2cc(Br)ccc2c1C. The van der Waals surface area contributed by atoms with Crippen LogP contribution in [-0.4, -0.2) is 17.6 Å². The minimum absolute atomic E-state index is 0.246. The lowest BCUT2D eigenvalue weighted by Crippen LogP contribution is -2.12. The number of aromatic nitrogens is 1. The summed E-state index contributed by atoms with van der Waals surface area (Å²) in [6, 6.07) is 5.98. The predicted octanol–water partition coefficient (Wildman–Crippen LogP) is 4.36. The van der Waals surface area contributed by atoms with Crippen LogP contribution in [0.1, 0.15) is 47.3 Å². The van der Waals surface area contributed by atoms with Crippen LogP contribution in [0.5, 0.6) is 0 Å². The van der Waals surface area contributed by atoms with Gasteiger partial charge in [0, 0.05) is 15.8 Å². The number of carbonyl (C=O) groups is 1. The van der Waals surface area contributed by atoms with Gasteiger partial charge in [-0.2, -0.15) is 0 Å². The first-order valence-electron chi connectivity index (χ1n) is 6.88. The van der Waals surface area contributed by atoms with E-state index in [1.807, 2.05) is 32.0 Å². The number of hydrogen-bond donors (Lipinski definition) is 0. The monoisotopic (exact) mass is 333 g/mol. The summed E-state index contributed by atoms with van der Waals surface area (Å²) in [5.74, 6) is 0.167. The highest BCUT2D eigenvalue weighted by Crippen LogP contribution is 2.42. The lowest BCUT2D eigenvalue weighted by atomic mass is 9.99. The minimum atomic E-state index is -0.246. The van der Waals surface area contributed by atoms with Crippen LogP contribution in [0.2, 0.25) is 0 Å². The molecule has 1 aliphatic carbocycles. The molecule has 1 aliphatic rings. The predicted molar refractivity (Wildman–Crippen MR) is 82.1 cm³/mol. The Morgan fingerprint density at radius 3 is 2.85 bits per heavy atom. The van der Waals surface area contributed by atoms with Gasteiger partial charge in [0.15, 0.2) is 0 Å². The molecule has 0 radical (unpaired) electrons. The van der Waals surface area contributed by atoms with E-state index < -0.39 is 0 Å². The molecule has 0 spiro atoms. The maximum Gasteiger partial charge on any atom is 0.340 e. The third kappa shape index (κ3) is 2.33. The number of halogens is 1. The number of carbonyl (C=O) groups excluding carboxylic acids is 1. The molecule has 0 unspecified atom stereocenters. The summed E-state index contributed by atoms with van der Waals surface area (Å²) in [5.41, 5.74) is 3.49. The van der Waals surface area contributed by atoms with Crippen molar-refractivity contribution in [2.45, 2.75) is 32.6 Å². The number of nitrogens with zero attached hydrogens (tertiary/aromatic N) is 1. The Hall–Kier alpha value is -1.42. The molecule has 0 atom stereocenters. The van der Waals surface area contributed by atoms with Crippen LogP contribution >= 0.6 is 15.9 Å². The number of esters is 1. The van der Waals surface area contributed by atoms with Crippen molar-refractivity contribution in [1.29, 1.82) is 0 Å². The maximum atomic E-state index is 12.3. The molecule has 0 amide bonds. The zero-order chi connectivity index (χ0) is 14.3. The van der Waals surface area contributed by atoms with Crippen LogP contribution in [-0.2, 0) is 4.74 Å². The van der Waals surface area contributed by atoms with Gasteiger partial charge >= 0.3 is 5.97 Å². The molecule has 1 aromatic heterocycles. The maximum absolute atomic E-state index is 12.3. The highest BCUT2D eigenvalue weighted by atomic mass is 79.9. The standard InChI is InChI=1S/C16H16BrNO2/c1-3-20-16(19)14-9(2)12-7-6-11(17)8-13(12)18-15(14)10-4-5-10/h6-8,10H,3-5H2,1-2H3.